The van der Waals surface area contributed by atoms with Crippen LogP contribution in [-0.4, -0.2) is 29.3 Å². The fourth-order valence-corrected chi connectivity index (χ4v) is 4.88. The van der Waals surface area contributed by atoms with E-state index in [-0.39, 0.29) is 28.7 Å². The molecule has 3 heterocycles. The monoisotopic (exact) mass is 534 g/mol. The maximum atomic E-state index is 13.2. The third-order valence-electron chi connectivity index (χ3n) is 5.53. The average Bonchev–Trinajstić information content (AvgIpc) is 3.43. The molecule has 9 nitrogen and oxygen atoms in total. The minimum atomic E-state index is -3.83. The first-order valence-corrected chi connectivity index (χ1v) is 12.8. The van der Waals surface area contributed by atoms with Crippen molar-refractivity contribution in [3.05, 3.63) is 112 Å². The fraction of sp³-hybridized carbons (Fsp3) is 0.0385. The molecule has 0 amide bonds. The van der Waals surface area contributed by atoms with Crippen molar-refractivity contribution < 1.29 is 17.9 Å². The lowest BCUT2D eigenvalue weighted by atomic mass is 10.1. The number of aromatic hydroxyl groups is 1. The van der Waals surface area contributed by atoms with Gasteiger partial charge in [0.1, 0.15) is 11.6 Å². The molecule has 0 radical (unpaired) electrons. The Morgan fingerprint density at radius 3 is 2.59 bits per heavy atom. The molecule has 5 rings (SSSR count). The standard InChI is InChI=1S/C26H19ClN4O5S/c27-17-10-11-24(29-14-17)31-25(32)22-9-2-1-8-21(22)23(26(31)33)16-28-18-5-3-7-20(13-18)37(34,35)30-15-19-6-4-12-36-19/h1-14,16,30,33H,15H2. The number of furan rings is 1. The van der Waals surface area contributed by atoms with E-state index < -0.39 is 15.6 Å². The molecule has 0 saturated heterocycles. The largest absolute Gasteiger partial charge is 0.494 e. The van der Waals surface area contributed by atoms with Crippen molar-refractivity contribution in [1.29, 1.82) is 0 Å². The fourth-order valence-electron chi connectivity index (χ4n) is 3.73. The first kappa shape index (κ1) is 24.4. The molecule has 186 valence electrons. The Hall–Kier alpha value is -4.25. The number of hydrogen-bond donors (Lipinski definition) is 2. The first-order valence-electron chi connectivity index (χ1n) is 11.0. The molecule has 0 spiro atoms. The van der Waals surface area contributed by atoms with Crippen molar-refractivity contribution in [1.82, 2.24) is 14.3 Å². The van der Waals surface area contributed by atoms with E-state index in [1.807, 2.05) is 0 Å². The smallest absolute Gasteiger partial charge is 0.267 e. The molecule has 0 fully saturated rings. The van der Waals surface area contributed by atoms with Gasteiger partial charge in [0.25, 0.3) is 5.56 Å². The van der Waals surface area contributed by atoms with Crippen LogP contribution in [0.3, 0.4) is 0 Å². The number of nitrogens with zero attached hydrogens (tertiary/aromatic N) is 3. The van der Waals surface area contributed by atoms with E-state index in [1.165, 1.54) is 36.9 Å². The van der Waals surface area contributed by atoms with Crippen molar-refractivity contribution >= 4 is 44.3 Å². The molecule has 0 unspecified atom stereocenters. The van der Waals surface area contributed by atoms with Crippen LogP contribution in [0.4, 0.5) is 5.69 Å². The molecule has 0 saturated carbocycles. The first-order chi connectivity index (χ1) is 17.8. The lowest BCUT2D eigenvalue weighted by molar-refractivity contribution is 0.435. The number of aliphatic imine (C=N–C) groups is 1. The summed E-state index contributed by atoms with van der Waals surface area (Å²) in [6, 6.07) is 19.2. The second-order valence-electron chi connectivity index (χ2n) is 7.92. The van der Waals surface area contributed by atoms with Crippen molar-refractivity contribution in [2.24, 2.45) is 4.99 Å². The van der Waals surface area contributed by atoms with Crippen molar-refractivity contribution in [3.63, 3.8) is 0 Å². The number of rotatable bonds is 7. The van der Waals surface area contributed by atoms with Gasteiger partial charge in [-0.3, -0.25) is 9.79 Å². The maximum Gasteiger partial charge on any atom is 0.267 e. The van der Waals surface area contributed by atoms with E-state index in [9.17, 15) is 18.3 Å². The summed E-state index contributed by atoms with van der Waals surface area (Å²) in [4.78, 5) is 21.7. The van der Waals surface area contributed by atoms with Crippen LogP contribution in [0, 0.1) is 0 Å². The molecule has 2 aromatic carbocycles. The summed E-state index contributed by atoms with van der Waals surface area (Å²) in [7, 11) is -3.83. The molecule has 2 N–H and O–H groups in total. The van der Waals surface area contributed by atoms with Crippen LogP contribution in [0.25, 0.3) is 16.6 Å². The molecule has 11 heteroatoms. The van der Waals surface area contributed by atoms with Gasteiger partial charge in [-0.15, -0.1) is 0 Å². The summed E-state index contributed by atoms with van der Waals surface area (Å²) >= 11 is 5.93. The van der Waals surface area contributed by atoms with E-state index >= 15 is 0 Å². The van der Waals surface area contributed by atoms with Gasteiger partial charge in [-0.05, 0) is 48.5 Å². The molecule has 37 heavy (non-hydrogen) atoms. The molecule has 3 aromatic heterocycles. The maximum absolute atomic E-state index is 13.2. The third kappa shape index (κ3) is 5.03. The Kier molecular flexibility index (Phi) is 6.62. The summed E-state index contributed by atoms with van der Waals surface area (Å²) in [5.41, 5.74) is 0.124. The zero-order chi connectivity index (χ0) is 26.0. The van der Waals surface area contributed by atoms with E-state index in [0.29, 0.717) is 27.2 Å². The Balaban J connectivity index is 1.54. The van der Waals surface area contributed by atoms with Gasteiger partial charge in [0.15, 0.2) is 0 Å². The van der Waals surface area contributed by atoms with Gasteiger partial charge in [-0.25, -0.2) is 22.7 Å². The molecule has 0 bridgehead atoms. The van der Waals surface area contributed by atoms with Crippen LogP contribution < -0.4 is 10.3 Å². The summed E-state index contributed by atoms with van der Waals surface area (Å²) < 4.78 is 34.2. The molecule has 0 aliphatic rings. The summed E-state index contributed by atoms with van der Waals surface area (Å²) in [6.07, 6.45) is 4.22. The molecular weight excluding hydrogens is 516 g/mol. The number of fused-ring (bicyclic) bond motifs is 1. The van der Waals surface area contributed by atoms with Crippen LogP contribution in [0.5, 0.6) is 5.88 Å². The van der Waals surface area contributed by atoms with Gasteiger partial charge >= 0.3 is 0 Å². The van der Waals surface area contributed by atoms with Crippen LogP contribution in [0.2, 0.25) is 5.02 Å². The normalized spacial score (nSPS) is 11.9. The van der Waals surface area contributed by atoms with Gasteiger partial charge in [0.2, 0.25) is 15.9 Å². The van der Waals surface area contributed by atoms with Crippen molar-refractivity contribution in [2.45, 2.75) is 11.4 Å². The highest BCUT2D eigenvalue weighted by Crippen LogP contribution is 2.27. The Labute approximate surface area is 216 Å². The van der Waals surface area contributed by atoms with Crippen molar-refractivity contribution in [3.8, 4) is 11.7 Å². The second-order valence-corrected chi connectivity index (χ2v) is 10.1. The molecule has 5 aromatic rings. The molecule has 0 aliphatic heterocycles. The van der Waals surface area contributed by atoms with Gasteiger partial charge in [-0.1, -0.05) is 35.9 Å². The van der Waals surface area contributed by atoms with E-state index in [2.05, 4.69) is 14.7 Å². The Morgan fingerprint density at radius 1 is 1.05 bits per heavy atom. The minimum absolute atomic E-state index is 0.00294. The Bertz CT molecular complexity index is 1780. The lowest BCUT2D eigenvalue weighted by Crippen LogP contribution is -2.22. The average molecular weight is 535 g/mol. The van der Waals surface area contributed by atoms with Crippen molar-refractivity contribution in [2.75, 3.05) is 0 Å². The number of sulfonamides is 1. The quantitative estimate of drug-likeness (QED) is 0.295. The second kappa shape index (κ2) is 10.0. The highest BCUT2D eigenvalue weighted by atomic mass is 35.5. The summed E-state index contributed by atoms with van der Waals surface area (Å²) in [5.74, 6) is 0.291. The minimum Gasteiger partial charge on any atom is -0.494 e. The number of nitrogens with one attached hydrogen (secondary N) is 1. The highest BCUT2D eigenvalue weighted by Gasteiger charge is 2.18. The number of pyridine rings is 2. The predicted molar refractivity (Wildman–Crippen MR) is 140 cm³/mol. The van der Waals surface area contributed by atoms with Gasteiger partial charge in [0.05, 0.1) is 34.0 Å². The number of aromatic nitrogens is 2. The summed E-state index contributed by atoms with van der Waals surface area (Å²) in [6.45, 7) is 0.00294. The highest BCUT2D eigenvalue weighted by molar-refractivity contribution is 7.89. The predicted octanol–water partition coefficient (Wildman–Crippen LogP) is 4.57. The number of halogens is 1. The van der Waals surface area contributed by atoms with Gasteiger partial charge in [-0.2, -0.15) is 0 Å². The zero-order valence-corrected chi connectivity index (χ0v) is 20.6. The van der Waals surface area contributed by atoms with Crippen LogP contribution in [-0.2, 0) is 16.6 Å². The summed E-state index contributed by atoms with van der Waals surface area (Å²) in [5, 5.41) is 12.3. The van der Waals surface area contributed by atoms with E-state index in [4.69, 9.17) is 16.0 Å². The number of hydrogen-bond acceptors (Lipinski definition) is 7. The topological polar surface area (TPSA) is 127 Å². The third-order valence-corrected chi connectivity index (χ3v) is 7.15. The van der Waals surface area contributed by atoms with Crippen LogP contribution in [0.15, 0.2) is 104 Å². The van der Waals surface area contributed by atoms with Gasteiger partial charge in [0, 0.05) is 23.2 Å². The Morgan fingerprint density at radius 2 is 1.86 bits per heavy atom. The SMILES string of the molecule is O=c1c2ccccc2c(C=Nc2cccc(S(=O)(=O)NCc3ccco3)c2)c(O)n1-c1ccc(Cl)cn1. The van der Waals surface area contributed by atoms with Gasteiger partial charge < -0.3 is 9.52 Å². The zero-order valence-electron chi connectivity index (χ0n) is 19.1. The van der Waals surface area contributed by atoms with Crippen LogP contribution >= 0.6 is 11.6 Å². The lowest BCUT2D eigenvalue weighted by Gasteiger charge is -2.13. The molecular formula is C26H19ClN4O5S. The van der Waals surface area contributed by atoms with E-state index in [0.717, 1.165) is 4.57 Å². The molecule has 0 atom stereocenters. The number of benzene rings is 2. The molecule has 0 aliphatic carbocycles. The van der Waals surface area contributed by atoms with E-state index in [1.54, 1.807) is 54.6 Å². The van der Waals surface area contributed by atoms with Crippen LogP contribution in [0.1, 0.15) is 11.3 Å².